The summed E-state index contributed by atoms with van der Waals surface area (Å²) in [6, 6.07) is 6.02. The van der Waals surface area contributed by atoms with Gasteiger partial charge in [0.05, 0.1) is 0 Å². The number of alkyl halides is 3. The summed E-state index contributed by atoms with van der Waals surface area (Å²) in [7, 11) is -5.32. The predicted molar refractivity (Wildman–Crippen MR) is 70.1 cm³/mol. The maximum absolute atomic E-state index is 13.0. The Bertz CT molecular complexity index is 529. The zero-order chi connectivity index (χ0) is 15.2. The minimum atomic E-state index is -5.32. The van der Waals surface area contributed by atoms with Crippen LogP contribution >= 0.6 is 0 Å². The van der Waals surface area contributed by atoms with Gasteiger partial charge in [-0.1, -0.05) is 38.0 Å². The maximum atomic E-state index is 13.0. The van der Waals surface area contributed by atoms with Crippen LogP contribution in [-0.2, 0) is 16.5 Å². The summed E-state index contributed by atoms with van der Waals surface area (Å²) >= 11 is 0. The first-order valence-electron chi connectivity index (χ1n) is 6.30. The first-order valence-corrected chi connectivity index (χ1v) is 7.70. The molecule has 0 spiro atoms. The van der Waals surface area contributed by atoms with Crippen LogP contribution in [0.4, 0.5) is 13.2 Å². The molecule has 0 bridgehead atoms. The highest BCUT2D eigenvalue weighted by Crippen LogP contribution is 2.29. The highest BCUT2D eigenvalue weighted by Gasteiger charge is 2.48. The van der Waals surface area contributed by atoms with E-state index >= 15 is 0 Å². The van der Waals surface area contributed by atoms with Gasteiger partial charge in [-0.05, 0) is 24.5 Å². The summed E-state index contributed by atoms with van der Waals surface area (Å²) in [6.07, 6.45) is 3.21. The average molecular weight is 310 g/mol. The van der Waals surface area contributed by atoms with E-state index in [-0.39, 0.29) is 5.75 Å². The number of hydrogen-bond acceptors (Lipinski definition) is 3. The molecule has 0 radical (unpaired) electrons. The topological polar surface area (TPSA) is 43.4 Å². The van der Waals surface area contributed by atoms with Gasteiger partial charge in [0.1, 0.15) is 5.75 Å². The smallest absolute Gasteiger partial charge is 0.378 e. The van der Waals surface area contributed by atoms with E-state index < -0.39 is 22.0 Å². The molecule has 1 rings (SSSR count). The largest absolute Gasteiger partial charge is 0.407 e. The van der Waals surface area contributed by atoms with Gasteiger partial charge in [0.15, 0.2) is 6.67 Å². The van der Waals surface area contributed by atoms with Gasteiger partial charge in [-0.3, -0.25) is 0 Å². The van der Waals surface area contributed by atoms with E-state index in [1.807, 2.05) is 6.92 Å². The monoisotopic (exact) mass is 310 g/mol. The summed E-state index contributed by atoms with van der Waals surface area (Å²) in [5, 5.41) is -4.54. The number of para-hydroxylation sites is 1. The minimum Gasteiger partial charge on any atom is -0.378 e. The molecule has 20 heavy (non-hydrogen) atoms. The standard InChI is InChI=1S/C13H17F3O3S/c1-2-3-4-7-11-8-5-6-9-12(11)19-20(17,18)13(15,16)10-14/h5-6,8-9H,2-4,7,10H2,1H3. The molecule has 0 aromatic heterocycles. The highest BCUT2D eigenvalue weighted by molar-refractivity contribution is 7.88. The Labute approximate surface area is 116 Å². The third-order valence-electron chi connectivity index (χ3n) is 2.74. The molecule has 7 heteroatoms. The van der Waals surface area contributed by atoms with Crippen molar-refractivity contribution in [2.75, 3.05) is 6.67 Å². The fraction of sp³-hybridized carbons (Fsp3) is 0.538. The Kier molecular flexibility index (Phi) is 5.86. The third-order valence-corrected chi connectivity index (χ3v) is 3.98. The Morgan fingerprint density at radius 2 is 1.85 bits per heavy atom. The van der Waals surface area contributed by atoms with Gasteiger partial charge in [-0.25, -0.2) is 4.39 Å². The Hall–Kier alpha value is -1.24. The third kappa shape index (κ3) is 4.13. The van der Waals surface area contributed by atoms with Crippen molar-refractivity contribution in [1.82, 2.24) is 0 Å². The molecule has 0 aliphatic heterocycles. The van der Waals surface area contributed by atoms with Gasteiger partial charge < -0.3 is 4.18 Å². The van der Waals surface area contributed by atoms with Gasteiger partial charge in [0, 0.05) is 0 Å². The molecule has 0 N–H and O–H groups in total. The van der Waals surface area contributed by atoms with E-state index in [4.69, 9.17) is 0 Å². The normalized spacial score (nSPS) is 12.4. The molecule has 0 amide bonds. The summed E-state index contributed by atoms with van der Waals surface area (Å²) in [5.74, 6) is -0.170. The number of hydrogen-bond donors (Lipinski definition) is 0. The Morgan fingerprint density at radius 1 is 1.20 bits per heavy atom. The van der Waals surface area contributed by atoms with Gasteiger partial charge in [-0.15, -0.1) is 0 Å². The van der Waals surface area contributed by atoms with Crippen molar-refractivity contribution in [3.05, 3.63) is 29.8 Å². The zero-order valence-corrected chi connectivity index (χ0v) is 11.9. The van der Waals surface area contributed by atoms with Crippen LogP contribution in [0, 0.1) is 0 Å². The van der Waals surface area contributed by atoms with E-state index in [0.29, 0.717) is 12.0 Å². The van der Waals surface area contributed by atoms with Crippen LogP contribution in [-0.4, -0.2) is 20.3 Å². The first kappa shape index (κ1) is 16.8. The lowest BCUT2D eigenvalue weighted by molar-refractivity contribution is 0.0538. The molecular formula is C13H17F3O3S. The summed E-state index contributed by atoms with van der Waals surface area (Å²) in [6.45, 7) is -0.304. The lowest BCUT2D eigenvalue weighted by Gasteiger charge is -2.15. The van der Waals surface area contributed by atoms with E-state index in [2.05, 4.69) is 4.18 Å². The Morgan fingerprint density at radius 3 is 2.45 bits per heavy atom. The first-order chi connectivity index (χ1) is 9.34. The molecule has 0 saturated heterocycles. The molecule has 0 saturated carbocycles. The van der Waals surface area contributed by atoms with E-state index in [9.17, 15) is 21.6 Å². The lowest BCUT2D eigenvalue weighted by atomic mass is 10.1. The molecule has 1 aromatic carbocycles. The quantitative estimate of drug-likeness (QED) is 0.543. The number of unbranched alkanes of at least 4 members (excludes halogenated alkanes) is 2. The predicted octanol–water partition coefficient (Wildman–Crippen LogP) is 3.69. The molecule has 0 atom stereocenters. The fourth-order valence-electron chi connectivity index (χ4n) is 1.60. The summed E-state index contributed by atoms with van der Waals surface area (Å²) in [5.41, 5.74) is 0.513. The summed E-state index contributed by atoms with van der Waals surface area (Å²) < 4.78 is 65.1. The van der Waals surface area contributed by atoms with Crippen molar-refractivity contribution in [2.24, 2.45) is 0 Å². The molecule has 0 heterocycles. The van der Waals surface area contributed by atoms with Crippen molar-refractivity contribution >= 4 is 10.1 Å². The number of halogens is 3. The molecule has 0 unspecified atom stereocenters. The van der Waals surface area contributed by atoms with Crippen molar-refractivity contribution in [1.29, 1.82) is 0 Å². The minimum absolute atomic E-state index is 0.170. The molecule has 0 aliphatic carbocycles. The van der Waals surface area contributed by atoms with Crippen molar-refractivity contribution in [3.63, 3.8) is 0 Å². The van der Waals surface area contributed by atoms with E-state index in [1.54, 1.807) is 12.1 Å². The number of rotatable bonds is 8. The molecule has 114 valence electrons. The van der Waals surface area contributed by atoms with E-state index in [1.165, 1.54) is 12.1 Å². The van der Waals surface area contributed by atoms with Gasteiger partial charge in [-0.2, -0.15) is 17.2 Å². The van der Waals surface area contributed by atoms with Crippen LogP contribution in [0.15, 0.2) is 24.3 Å². The van der Waals surface area contributed by atoms with E-state index in [0.717, 1.165) is 19.3 Å². The molecular weight excluding hydrogens is 293 g/mol. The second kappa shape index (κ2) is 6.97. The molecule has 1 aromatic rings. The van der Waals surface area contributed by atoms with Crippen LogP contribution in [0.1, 0.15) is 31.7 Å². The number of benzene rings is 1. The van der Waals surface area contributed by atoms with Gasteiger partial charge in [0.2, 0.25) is 0 Å². The van der Waals surface area contributed by atoms with Crippen molar-refractivity contribution < 1.29 is 25.8 Å². The second-order valence-electron chi connectivity index (χ2n) is 4.37. The van der Waals surface area contributed by atoms with Crippen LogP contribution in [0.5, 0.6) is 5.75 Å². The fourth-order valence-corrected chi connectivity index (χ4v) is 2.26. The SMILES string of the molecule is CCCCCc1ccccc1OS(=O)(=O)C(F)(F)CF. The number of aryl methyl sites for hydroxylation is 1. The van der Waals surface area contributed by atoms with Gasteiger partial charge >= 0.3 is 15.4 Å². The molecule has 0 aliphatic rings. The van der Waals surface area contributed by atoms with Crippen molar-refractivity contribution in [3.8, 4) is 5.75 Å². The maximum Gasteiger partial charge on any atom is 0.407 e. The van der Waals surface area contributed by atoms with Crippen LogP contribution in [0.25, 0.3) is 0 Å². The van der Waals surface area contributed by atoms with Gasteiger partial charge in [0.25, 0.3) is 0 Å². The Balaban J connectivity index is 2.92. The van der Waals surface area contributed by atoms with Crippen LogP contribution in [0.3, 0.4) is 0 Å². The van der Waals surface area contributed by atoms with Crippen LogP contribution < -0.4 is 4.18 Å². The second-order valence-corrected chi connectivity index (χ2v) is 6.05. The molecule has 3 nitrogen and oxygen atoms in total. The van der Waals surface area contributed by atoms with Crippen LogP contribution in [0.2, 0.25) is 0 Å². The lowest BCUT2D eigenvalue weighted by Crippen LogP contribution is -2.35. The summed E-state index contributed by atoms with van der Waals surface area (Å²) in [4.78, 5) is 0. The molecule has 0 fully saturated rings. The average Bonchev–Trinajstić information content (AvgIpc) is 2.40. The van der Waals surface area contributed by atoms with Crippen molar-refractivity contribution in [2.45, 2.75) is 37.9 Å². The highest BCUT2D eigenvalue weighted by atomic mass is 32.2. The zero-order valence-electron chi connectivity index (χ0n) is 11.1.